The Kier molecular flexibility index (Phi) is 6.15. The van der Waals surface area contributed by atoms with Crippen molar-refractivity contribution in [3.8, 4) is 0 Å². The molecule has 5 nitrogen and oxygen atoms in total. The lowest BCUT2D eigenvalue weighted by Crippen LogP contribution is -2.39. The van der Waals surface area contributed by atoms with Crippen molar-refractivity contribution in [2.75, 3.05) is 13.6 Å². The lowest BCUT2D eigenvalue weighted by atomic mass is 9.98. The summed E-state index contributed by atoms with van der Waals surface area (Å²) in [6.45, 7) is -0.180. The van der Waals surface area contributed by atoms with E-state index in [1.807, 2.05) is 18.2 Å². The number of nitrogens with zero attached hydrogens (tertiary/aromatic N) is 3. The van der Waals surface area contributed by atoms with Crippen LogP contribution >= 0.6 is 22.9 Å². The van der Waals surface area contributed by atoms with Crippen LogP contribution in [-0.2, 0) is 4.79 Å². The second-order valence-electron chi connectivity index (χ2n) is 7.14. The number of hydrogen-bond donors (Lipinski definition) is 0. The average Bonchev–Trinajstić information content (AvgIpc) is 3.44. The van der Waals surface area contributed by atoms with Crippen LogP contribution in [0.4, 0.5) is 4.39 Å². The van der Waals surface area contributed by atoms with E-state index in [1.54, 1.807) is 48.8 Å². The van der Waals surface area contributed by atoms with Crippen molar-refractivity contribution in [1.29, 1.82) is 0 Å². The lowest BCUT2D eigenvalue weighted by Gasteiger charge is -2.25. The first-order chi connectivity index (χ1) is 15.0. The molecule has 1 atom stereocenters. The van der Waals surface area contributed by atoms with Gasteiger partial charge in [0.15, 0.2) is 0 Å². The van der Waals surface area contributed by atoms with E-state index in [-0.39, 0.29) is 12.5 Å². The van der Waals surface area contributed by atoms with Crippen molar-refractivity contribution in [2.24, 2.45) is 5.10 Å². The summed E-state index contributed by atoms with van der Waals surface area (Å²) >= 11 is 7.64. The van der Waals surface area contributed by atoms with Crippen LogP contribution in [0.2, 0.25) is 5.02 Å². The zero-order valence-electron chi connectivity index (χ0n) is 16.7. The molecule has 2 heterocycles. The number of rotatable bonds is 5. The SMILES string of the molecule is CN(CC(=O)N1N=C(c2ccccc2Cl)C[C@@H]1c1ccccc1F)C(=O)c1cccs1. The van der Waals surface area contributed by atoms with Crippen LogP contribution in [0.3, 0.4) is 0 Å². The zero-order chi connectivity index (χ0) is 22.0. The Hall–Kier alpha value is -3.03. The van der Waals surface area contributed by atoms with E-state index >= 15 is 0 Å². The van der Waals surface area contributed by atoms with Gasteiger partial charge >= 0.3 is 0 Å². The lowest BCUT2D eigenvalue weighted by molar-refractivity contribution is -0.133. The number of carbonyl (C=O) groups excluding carboxylic acids is 2. The smallest absolute Gasteiger partial charge is 0.264 e. The molecule has 0 bridgehead atoms. The Morgan fingerprint density at radius 2 is 1.90 bits per heavy atom. The van der Waals surface area contributed by atoms with E-state index in [0.717, 1.165) is 0 Å². The molecule has 2 amide bonds. The molecule has 0 saturated heterocycles. The fraction of sp³-hybridized carbons (Fsp3) is 0.174. The normalized spacial score (nSPS) is 15.6. The Labute approximate surface area is 188 Å². The highest BCUT2D eigenvalue weighted by atomic mass is 35.5. The Morgan fingerprint density at radius 1 is 1.16 bits per heavy atom. The first-order valence-electron chi connectivity index (χ1n) is 9.63. The number of benzene rings is 2. The summed E-state index contributed by atoms with van der Waals surface area (Å²) in [7, 11) is 1.56. The molecule has 0 fully saturated rings. The van der Waals surface area contributed by atoms with Gasteiger partial charge in [0, 0.05) is 29.6 Å². The van der Waals surface area contributed by atoms with Crippen molar-refractivity contribution in [3.05, 3.63) is 92.9 Å². The van der Waals surface area contributed by atoms with Gasteiger partial charge in [0.2, 0.25) is 0 Å². The fourth-order valence-electron chi connectivity index (χ4n) is 3.52. The van der Waals surface area contributed by atoms with E-state index in [4.69, 9.17) is 11.6 Å². The number of halogens is 2. The summed E-state index contributed by atoms with van der Waals surface area (Å²) in [5, 5.41) is 8.09. The van der Waals surface area contributed by atoms with Crippen molar-refractivity contribution in [2.45, 2.75) is 12.5 Å². The van der Waals surface area contributed by atoms with Gasteiger partial charge in [0.05, 0.1) is 16.6 Å². The standard InChI is InChI=1S/C23H19ClFN3O2S/c1-27(23(30)21-11-6-12-31-21)14-22(29)28-20(16-8-3-5-10-18(16)25)13-19(26-28)15-7-2-4-9-17(15)24/h2-12,20H,13-14H2,1H3/t20-/m1/s1. The topological polar surface area (TPSA) is 53.0 Å². The number of carbonyl (C=O) groups is 2. The van der Waals surface area contributed by atoms with Gasteiger partial charge in [0.1, 0.15) is 12.4 Å². The van der Waals surface area contributed by atoms with Crippen LogP contribution in [0.15, 0.2) is 71.1 Å². The van der Waals surface area contributed by atoms with Gasteiger partial charge in [-0.15, -0.1) is 11.3 Å². The molecule has 0 unspecified atom stereocenters. The Morgan fingerprint density at radius 3 is 2.61 bits per heavy atom. The van der Waals surface area contributed by atoms with Gasteiger partial charge in [-0.05, 0) is 23.6 Å². The monoisotopic (exact) mass is 455 g/mol. The predicted molar refractivity (Wildman–Crippen MR) is 120 cm³/mol. The van der Waals surface area contributed by atoms with Gasteiger partial charge in [0.25, 0.3) is 11.8 Å². The second-order valence-corrected chi connectivity index (χ2v) is 8.50. The molecule has 4 rings (SSSR count). The summed E-state index contributed by atoms with van der Waals surface area (Å²) in [6.07, 6.45) is 0.318. The third-order valence-corrected chi connectivity index (χ3v) is 6.25. The molecule has 0 spiro atoms. The maximum atomic E-state index is 14.6. The maximum Gasteiger partial charge on any atom is 0.264 e. The van der Waals surface area contributed by atoms with Crippen molar-refractivity contribution < 1.29 is 14.0 Å². The summed E-state index contributed by atoms with van der Waals surface area (Å²) in [6, 6.07) is 16.4. The molecular formula is C23H19ClFN3O2S. The van der Waals surface area contributed by atoms with Crippen LogP contribution < -0.4 is 0 Å². The quantitative estimate of drug-likeness (QED) is 0.544. The first-order valence-corrected chi connectivity index (χ1v) is 10.9. The molecule has 3 aromatic rings. The van der Waals surface area contributed by atoms with Crippen LogP contribution in [0.5, 0.6) is 0 Å². The largest absolute Gasteiger partial charge is 0.332 e. The molecule has 1 aliphatic rings. The number of hydrazone groups is 1. The molecule has 31 heavy (non-hydrogen) atoms. The van der Waals surface area contributed by atoms with E-state index in [1.165, 1.54) is 27.3 Å². The molecule has 0 aliphatic carbocycles. The average molecular weight is 456 g/mol. The number of thiophene rings is 1. The fourth-order valence-corrected chi connectivity index (χ4v) is 4.48. The minimum atomic E-state index is -0.620. The third-order valence-electron chi connectivity index (χ3n) is 5.07. The third kappa shape index (κ3) is 4.38. The van der Waals surface area contributed by atoms with Gasteiger partial charge < -0.3 is 4.90 Å². The molecule has 1 aromatic heterocycles. The second kappa shape index (κ2) is 8.99. The van der Waals surface area contributed by atoms with Crippen molar-refractivity contribution >= 4 is 40.5 Å². The van der Waals surface area contributed by atoms with Crippen LogP contribution in [0.25, 0.3) is 0 Å². The predicted octanol–water partition coefficient (Wildman–Crippen LogP) is 4.99. The molecule has 158 valence electrons. The molecule has 2 aromatic carbocycles. The molecule has 0 N–H and O–H groups in total. The highest BCUT2D eigenvalue weighted by Gasteiger charge is 2.35. The Bertz CT molecular complexity index is 1150. The minimum absolute atomic E-state index is 0.180. The van der Waals surface area contributed by atoms with Crippen LogP contribution in [0.1, 0.15) is 33.3 Å². The number of hydrogen-bond acceptors (Lipinski definition) is 4. The molecular weight excluding hydrogens is 437 g/mol. The summed E-state index contributed by atoms with van der Waals surface area (Å²) < 4.78 is 14.6. The number of amides is 2. The van der Waals surface area contributed by atoms with Crippen LogP contribution in [0, 0.1) is 5.82 Å². The highest BCUT2D eigenvalue weighted by molar-refractivity contribution is 7.12. The maximum absolute atomic E-state index is 14.6. The number of likely N-dealkylation sites (N-methyl/N-ethyl adjacent to an activating group) is 1. The van der Waals surface area contributed by atoms with Crippen molar-refractivity contribution in [1.82, 2.24) is 9.91 Å². The van der Waals surface area contributed by atoms with E-state index in [2.05, 4.69) is 5.10 Å². The van der Waals surface area contributed by atoms with Gasteiger partial charge in [-0.3, -0.25) is 9.59 Å². The first kappa shape index (κ1) is 21.2. The van der Waals surface area contributed by atoms with E-state index in [9.17, 15) is 14.0 Å². The Balaban J connectivity index is 1.63. The van der Waals surface area contributed by atoms with Crippen molar-refractivity contribution in [3.63, 3.8) is 0 Å². The summed E-state index contributed by atoms with van der Waals surface area (Å²) in [5.41, 5.74) is 1.66. The van der Waals surface area contributed by atoms with Gasteiger partial charge in [-0.1, -0.05) is 54.1 Å². The van der Waals surface area contributed by atoms with E-state index in [0.29, 0.717) is 33.2 Å². The molecule has 1 aliphatic heterocycles. The van der Waals surface area contributed by atoms with E-state index < -0.39 is 17.8 Å². The molecule has 0 radical (unpaired) electrons. The zero-order valence-corrected chi connectivity index (χ0v) is 18.2. The van der Waals surface area contributed by atoms with Gasteiger partial charge in [-0.2, -0.15) is 5.10 Å². The van der Waals surface area contributed by atoms with Gasteiger partial charge in [-0.25, -0.2) is 9.40 Å². The molecule has 0 saturated carbocycles. The molecule has 8 heteroatoms. The minimum Gasteiger partial charge on any atom is -0.332 e. The summed E-state index contributed by atoms with van der Waals surface area (Å²) in [5.74, 6) is -1.06. The van der Waals surface area contributed by atoms with Crippen LogP contribution in [-0.4, -0.2) is 41.0 Å². The summed E-state index contributed by atoms with van der Waals surface area (Å²) in [4.78, 5) is 27.6. The highest BCUT2D eigenvalue weighted by Crippen LogP contribution is 2.35.